The highest BCUT2D eigenvalue weighted by molar-refractivity contribution is 7.80. The van der Waals surface area contributed by atoms with E-state index in [-0.39, 0.29) is 6.10 Å². The lowest BCUT2D eigenvalue weighted by Gasteiger charge is -2.22. The van der Waals surface area contributed by atoms with Gasteiger partial charge in [0, 0.05) is 6.92 Å². The summed E-state index contributed by atoms with van der Waals surface area (Å²) < 4.78 is 5.63. The van der Waals surface area contributed by atoms with Gasteiger partial charge in [-0.25, -0.2) is 0 Å². The van der Waals surface area contributed by atoms with Gasteiger partial charge >= 0.3 is 0 Å². The molecule has 0 radical (unpaired) electrons. The Morgan fingerprint density at radius 2 is 1.79 bits per heavy atom. The Balaban J connectivity index is 2.83. The van der Waals surface area contributed by atoms with Crippen LogP contribution < -0.4 is 0 Å². The molecule has 0 amide bonds. The number of ether oxygens (including phenoxy) is 1. The van der Waals surface area contributed by atoms with Crippen molar-refractivity contribution in [3.8, 4) is 0 Å². The van der Waals surface area contributed by atoms with E-state index in [0.29, 0.717) is 11.0 Å². The van der Waals surface area contributed by atoms with Crippen LogP contribution in [0.3, 0.4) is 0 Å². The quantitative estimate of drug-likeness (QED) is 0.700. The first-order chi connectivity index (χ1) is 6.61. The maximum atomic E-state index is 5.63. The van der Waals surface area contributed by atoms with Gasteiger partial charge < -0.3 is 4.74 Å². The first-order valence-corrected chi connectivity index (χ1v) is 5.24. The van der Waals surface area contributed by atoms with Gasteiger partial charge in [0.15, 0.2) is 5.05 Å². The summed E-state index contributed by atoms with van der Waals surface area (Å²) >= 11 is 4.97. The summed E-state index contributed by atoms with van der Waals surface area (Å²) in [7, 11) is 0. The van der Waals surface area contributed by atoms with Crippen molar-refractivity contribution in [3.05, 3.63) is 35.9 Å². The second-order valence-corrected chi connectivity index (χ2v) is 4.26. The van der Waals surface area contributed by atoms with E-state index in [1.807, 2.05) is 25.1 Å². The van der Waals surface area contributed by atoms with E-state index in [2.05, 4.69) is 26.0 Å². The van der Waals surface area contributed by atoms with E-state index in [1.165, 1.54) is 5.56 Å². The van der Waals surface area contributed by atoms with E-state index in [0.717, 1.165) is 0 Å². The van der Waals surface area contributed by atoms with Gasteiger partial charge in [0.2, 0.25) is 0 Å². The van der Waals surface area contributed by atoms with Crippen molar-refractivity contribution in [2.24, 2.45) is 5.92 Å². The van der Waals surface area contributed by atoms with Crippen molar-refractivity contribution in [2.75, 3.05) is 0 Å². The Morgan fingerprint density at radius 3 is 2.21 bits per heavy atom. The van der Waals surface area contributed by atoms with Crippen LogP contribution in [-0.4, -0.2) is 5.05 Å². The fourth-order valence-electron chi connectivity index (χ4n) is 1.41. The van der Waals surface area contributed by atoms with Crippen molar-refractivity contribution >= 4 is 17.3 Å². The summed E-state index contributed by atoms with van der Waals surface area (Å²) in [6.45, 7) is 6.08. The SMILES string of the molecule is CC(=S)OC(c1ccccc1)C(C)C. The highest BCUT2D eigenvalue weighted by Gasteiger charge is 2.16. The van der Waals surface area contributed by atoms with Crippen LogP contribution in [0, 0.1) is 5.92 Å². The Bertz CT molecular complexity index is 292. The van der Waals surface area contributed by atoms with Crippen LogP contribution in [0.5, 0.6) is 0 Å². The average molecular weight is 208 g/mol. The number of rotatable bonds is 3. The van der Waals surface area contributed by atoms with Crippen LogP contribution in [0.15, 0.2) is 30.3 Å². The summed E-state index contributed by atoms with van der Waals surface area (Å²) in [5.41, 5.74) is 1.19. The second-order valence-electron chi connectivity index (χ2n) is 3.68. The summed E-state index contributed by atoms with van der Waals surface area (Å²) in [5.74, 6) is 0.426. The molecule has 1 rings (SSSR count). The van der Waals surface area contributed by atoms with Gasteiger partial charge in [-0.3, -0.25) is 0 Å². The van der Waals surface area contributed by atoms with E-state index in [9.17, 15) is 0 Å². The molecule has 76 valence electrons. The fourth-order valence-corrected chi connectivity index (χ4v) is 1.51. The minimum absolute atomic E-state index is 0.0775. The van der Waals surface area contributed by atoms with E-state index >= 15 is 0 Å². The van der Waals surface area contributed by atoms with Crippen LogP contribution in [0.4, 0.5) is 0 Å². The molecule has 0 bridgehead atoms. The average Bonchev–Trinajstić information content (AvgIpc) is 2.15. The molecule has 0 fully saturated rings. The number of hydrogen-bond donors (Lipinski definition) is 0. The van der Waals surface area contributed by atoms with Crippen molar-refractivity contribution in [1.29, 1.82) is 0 Å². The third-order valence-electron chi connectivity index (χ3n) is 2.03. The predicted molar refractivity (Wildman–Crippen MR) is 63.4 cm³/mol. The third-order valence-corrected chi connectivity index (χ3v) is 2.12. The summed E-state index contributed by atoms with van der Waals surface area (Å²) in [6, 6.07) is 10.2. The lowest BCUT2D eigenvalue weighted by Crippen LogP contribution is -2.13. The molecule has 1 aromatic carbocycles. The Morgan fingerprint density at radius 1 is 1.21 bits per heavy atom. The molecule has 0 heterocycles. The van der Waals surface area contributed by atoms with Gasteiger partial charge in [0.25, 0.3) is 0 Å². The standard InChI is InChI=1S/C12H16OS/c1-9(2)12(13-10(3)14)11-7-5-4-6-8-11/h4-9,12H,1-3H3. The minimum Gasteiger partial charge on any atom is -0.479 e. The lowest BCUT2D eigenvalue weighted by molar-refractivity contribution is 0.144. The van der Waals surface area contributed by atoms with Gasteiger partial charge in [0.1, 0.15) is 6.10 Å². The zero-order valence-corrected chi connectivity index (χ0v) is 9.67. The molecule has 0 saturated heterocycles. The first kappa shape index (κ1) is 11.2. The number of thiocarbonyl (C=S) groups is 1. The smallest absolute Gasteiger partial charge is 0.157 e. The molecule has 0 N–H and O–H groups in total. The van der Waals surface area contributed by atoms with Gasteiger partial charge in [0.05, 0.1) is 0 Å². The normalized spacial score (nSPS) is 12.6. The molecule has 14 heavy (non-hydrogen) atoms. The third kappa shape index (κ3) is 3.11. The van der Waals surface area contributed by atoms with Crippen LogP contribution in [0.2, 0.25) is 0 Å². The van der Waals surface area contributed by atoms with Crippen LogP contribution in [-0.2, 0) is 4.74 Å². The topological polar surface area (TPSA) is 9.23 Å². The molecule has 0 aromatic heterocycles. The molecule has 1 unspecified atom stereocenters. The Kier molecular flexibility index (Phi) is 4.08. The van der Waals surface area contributed by atoms with E-state index < -0.39 is 0 Å². The largest absolute Gasteiger partial charge is 0.479 e. The Hall–Kier alpha value is -0.890. The lowest BCUT2D eigenvalue weighted by atomic mass is 9.99. The molecule has 0 aliphatic carbocycles. The molecule has 1 aromatic rings. The van der Waals surface area contributed by atoms with Gasteiger partial charge in [-0.05, 0) is 23.7 Å². The molecular weight excluding hydrogens is 192 g/mol. The highest BCUT2D eigenvalue weighted by atomic mass is 32.1. The molecule has 0 saturated carbocycles. The van der Waals surface area contributed by atoms with E-state index in [4.69, 9.17) is 17.0 Å². The molecular formula is C12H16OS. The zero-order chi connectivity index (χ0) is 10.6. The van der Waals surface area contributed by atoms with Crippen LogP contribution in [0.25, 0.3) is 0 Å². The molecule has 1 nitrogen and oxygen atoms in total. The molecule has 2 heteroatoms. The maximum absolute atomic E-state index is 5.63. The Labute approximate surface area is 91.1 Å². The van der Waals surface area contributed by atoms with Crippen LogP contribution in [0.1, 0.15) is 32.4 Å². The van der Waals surface area contributed by atoms with Gasteiger partial charge in [-0.15, -0.1) is 0 Å². The van der Waals surface area contributed by atoms with E-state index in [1.54, 1.807) is 0 Å². The van der Waals surface area contributed by atoms with Crippen LogP contribution >= 0.6 is 12.2 Å². The number of hydrogen-bond acceptors (Lipinski definition) is 2. The monoisotopic (exact) mass is 208 g/mol. The summed E-state index contributed by atoms with van der Waals surface area (Å²) in [6.07, 6.45) is 0.0775. The summed E-state index contributed by atoms with van der Waals surface area (Å²) in [5, 5.41) is 0.604. The number of benzene rings is 1. The van der Waals surface area contributed by atoms with Gasteiger partial charge in [-0.2, -0.15) is 0 Å². The van der Waals surface area contributed by atoms with Crippen molar-refractivity contribution < 1.29 is 4.74 Å². The van der Waals surface area contributed by atoms with Crippen molar-refractivity contribution in [3.63, 3.8) is 0 Å². The second kappa shape index (κ2) is 5.11. The maximum Gasteiger partial charge on any atom is 0.157 e. The predicted octanol–water partition coefficient (Wildman–Crippen LogP) is 3.75. The first-order valence-electron chi connectivity index (χ1n) is 4.83. The van der Waals surface area contributed by atoms with Crippen molar-refractivity contribution in [2.45, 2.75) is 26.9 Å². The fraction of sp³-hybridized carbons (Fsp3) is 0.417. The molecule has 0 aliphatic rings. The van der Waals surface area contributed by atoms with Gasteiger partial charge in [-0.1, -0.05) is 44.2 Å². The highest BCUT2D eigenvalue weighted by Crippen LogP contribution is 2.25. The van der Waals surface area contributed by atoms with Crippen molar-refractivity contribution in [1.82, 2.24) is 0 Å². The summed E-state index contributed by atoms with van der Waals surface area (Å²) in [4.78, 5) is 0. The molecule has 0 aliphatic heterocycles. The zero-order valence-electron chi connectivity index (χ0n) is 8.86. The molecule has 1 atom stereocenters. The minimum atomic E-state index is 0.0775. The molecule has 0 spiro atoms.